The number of hydrogen-bond acceptors (Lipinski definition) is 3. The first-order valence-electron chi connectivity index (χ1n) is 14.3. The van der Waals surface area contributed by atoms with Gasteiger partial charge in [0.25, 0.3) is 0 Å². The van der Waals surface area contributed by atoms with Gasteiger partial charge in [0.15, 0.2) is 10.2 Å². The van der Waals surface area contributed by atoms with E-state index >= 15 is 0 Å². The van der Waals surface area contributed by atoms with Gasteiger partial charge >= 0.3 is 7.60 Å². The second-order valence-electron chi connectivity index (χ2n) is 9.41. The van der Waals surface area contributed by atoms with Gasteiger partial charge in [0.1, 0.15) is 0 Å². The Morgan fingerprint density at radius 1 is 0.658 bits per heavy atom. The SMILES string of the molecule is CCCCCCCCCCNC(N)=S.CCCCCCCCCCNC(N)=S.O=P(O)(O)c1ccccc1. The highest BCUT2D eigenvalue weighted by Crippen LogP contribution is 2.32. The Morgan fingerprint density at radius 3 is 1.24 bits per heavy atom. The third-order valence-corrected chi connectivity index (χ3v) is 7.01. The molecule has 0 unspecified atom stereocenters. The van der Waals surface area contributed by atoms with Gasteiger partial charge < -0.3 is 31.9 Å². The van der Waals surface area contributed by atoms with Crippen LogP contribution in [0.2, 0.25) is 0 Å². The van der Waals surface area contributed by atoms with Gasteiger partial charge in [0.2, 0.25) is 0 Å². The Labute approximate surface area is 243 Å². The highest BCUT2D eigenvalue weighted by atomic mass is 32.1. The van der Waals surface area contributed by atoms with Crippen LogP contribution >= 0.6 is 32.0 Å². The lowest BCUT2D eigenvalue weighted by Gasteiger charge is -2.03. The minimum atomic E-state index is -4.02. The van der Waals surface area contributed by atoms with Crippen molar-refractivity contribution in [3.05, 3.63) is 30.3 Å². The first kappa shape index (κ1) is 38.9. The van der Waals surface area contributed by atoms with E-state index in [9.17, 15) is 4.57 Å². The summed E-state index contributed by atoms with van der Waals surface area (Å²) in [5.74, 6) is 0. The molecule has 7 nitrogen and oxygen atoms in total. The van der Waals surface area contributed by atoms with Crippen LogP contribution in [0, 0.1) is 0 Å². The zero-order valence-corrected chi connectivity index (χ0v) is 26.4. The molecule has 0 aliphatic carbocycles. The summed E-state index contributed by atoms with van der Waals surface area (Å²) in [4.78, 5) is 17.2. The molecule has 0 spiro atoms. The summed E-state index contributed by atoms with van der Waals surface area (Å²) in [6.07, 6.45) is 21.5. The molecule has 1 aromatic carbocycles. The fourth-order valence-corrected chi connectivity index (χ4v) is 4.33. The molecule has 0 aliphatic heterocycles. The normalized spacial score (nSPS) is 10.4. The van der Waals surface area contributed by atoms with Gasteiger partial charge in [0.05, 0.1) is 5.30 Å². The monoisotopic (exact) mass is 590 g/mol. The van der Waals surface area contributed by atoms with Crippen molar-refractivity contribution in [2.45, 2.75) is 117 Å². The standard InChI is InChI=1S/2C11H24N2S.C6H7O3P/c2*1-2-3-4-5-6-7-8-9-10-13-11(12)14;7-10(8,9)6-4-2-1-3-5-6/h2*2-10H2,1H3,(H3,12,13,14);1-5H,(H2,7,8,9). The minimum absolute atomic E-state index is 0.0648. The van der Waals surface area contributed by atoms with Gasteiger partial charge in [0, 0.05) is 13.1 Å². The van der Waals surface area contributed by atoms with Crippen molar-refractivity contribution in [2.75, 3.05) is 13.1 Å². The number of nitrogens with one attached hydrogen (secondary N) is 2. The average molecular weight is 591 g/mol. The summed E-state index contributed by atoms with van der Waals surface area (Å²) in [5.41, 5.74) is 10.6. The van der Waals surface area contributed by atoms with Gasteiger partial charge in [-0.3, -0.25) is 4.57 Å². The summed E-state index contributed by atoms with van der Waals surface area (Å²) in [6.45, 7) is 6.37. The van der Waals surface area contributed by atoms with E-state index in [4.69, 9.17) is 45.7 Å². The Kier molecular flexibility index (Phi) is 29.4. The molecule has 8 N–H and O–H groups in total. The summed E-state index contributed by atoms with van der Waals surface area (Å²) in [6, 6.07) is 7.70. The maximum Gasteiger partial charge on any atom is 0.356 e. The third kappa shape index (κ3) is 32.8. The minimum Gasteiger partial charge on any atom is -0.376 e. The van der Waals surface area contributed by atoms with E-state index in [-0.39, 0.29) is 5.30 Å². The predicted molar refractivity (Wildman–Crippen MR) is 173 cm³/mol. The first-order valence-corrected chi connectivity index (χ1v) is 16.8. The summed E-state index contributed by atoms with van der Waals surface area (Å²) >= 11 is 9.42. The molecule has 0 radical (unpaired) electrons. The molecule has 0 saturated heterocycles. The molecular formula is C28H55N4O3PS2. The van der Waals surface area contributed by atoms with E-state index in [1.807, 2.05) is 0 Å². The Morgan fingerprint density at radius 2 is 0.974 bits per heavy atom. The van der Waals surface area contributed by atoms with E-state index < -0.39 is 7.60 Å². The second kappa shape index (κ2) is 28.8. The fraction of sp³-hybridized carbons (Fsp3) is 0.714. The number of hydrogen-bond donors (Lipinski definition) is 6. The van der Waals surface area contributed by atoms with E-state index in [1.165, 1.54) is 115 Å². The van der Waals surface area contributed by atoms with Crippen LogP contribution in [0.5, 0.6) is 0 Å². The molecule has 0 fully saturated rings. The molecule has 10 heteroatoms. The number of unbranched alkanes of at least 4 members (excludes halogenated alkanes) is 14. The van der Waals surface area contributed by atoms with Crippen LogP contribution < -0.4 is 27.4 Å². The first-order chi connectivity index (χ1) is 18.1. The molecule has 1 rings (SSSR count). The predicted octanol–water partition coefficient (Wildman–Crippen LogP) is 6.41. The molecule has 38 heavy (non-hydrogen) atoms. The van der Waals surface area contributed by atoms with Crippen molar-refractivity contribution in [3.8, 4) is 0 Å². The van der Waals surface area contributed by atoms with Crippen molar-refractivity contribution < 1.29 is 14.4 Å². The lowest BCUT2D eigenvalue weighted by Crippen LogP contribution is -2.29. The largest absolute Gasteiger partial charge is 0.376 e. The molecule has 1 aromatic rings. The van der Waals surface area contributed by atoms with Gasteiger partial charge in [-0.2, -0.15) is 0 Å². The van der Waals surface area contributed by atoms with Gasteiger partial charge in [-0.15, -0.1) is 0 Å². The van der Waals surface area contributed by atoms with Crippen molar-refractivity contribution >= 4 is 47.6 Å². The summed E-state index contributed by atoms with van der Waals surface area (Å²) < 4.78 is 10.5. The van der Waals surface area contributed by atoms with Crippen molar-refractivity contribution in [3.63, 3.8) is 0 Å². The van der Waals surface area contributed by atoms with E-state index in [0.717, 1.165) is 13.1 Å². The third-order valence-electron chi connectivity index (χ3n) is 5.75. The van der Waals surface area contributed by atoms with E-state index in [1.54, 1.807) is 18.2 Å². The van der Waals surface area contributed by atoms with Crippen LogP contribution in [-0.2, 0) is 4.57 Å². The van der Waals surface area contributed by atoms with E-state index in [0.29, 0.717) is 10.2 Å². The summed E-state index contributed by atoms with van der Waals surface area (Å²) in [5, 5.41) is 6.84. The van der Waals surface area contributed by atoms with Gasteiger partial charge in [-0.05, 0) is 49.4 Å². The van der Waals surface area contributed by atoms with Crippen LogP contribution in [0.25, 0.3) is 0 Å². The molecule has 0 saturated carbocycles. The number of rotatable bonds is 19. The van der Waals surface area contributed by atoms with Crippen molar-refractivity contribution in [1.29, 1.82) is 0 Å². The van der Waals surface area contributed by atoms with Crippen LogP contribution in [0.15, 0.2) is 30.3 Å². The van der Waals surface area contributed by atoms with Crippen LogP contribution in [0.4, 0.5) is 0 Å². The summed E-state index contributed by atoms with van der Waals surface area (Å²) in [7, 11) is -4.02. The smallest absolute Gasteiger partial charge is 0.356 e. The Bertz CT molecular complexity index is 689. The average Bonchev–Trinajstić information content (AvgIpc) is 2.87. The van der Waals surface area contributed by atoms with Gasteiger partial charge in [-0.25, -0.2) is 0 Å². The highest BCUT2D eigenvalue weighted by molar-refractivity contribution is 7.80. The Hall–Kier alpha value is -1.25. The van der Waals surface area contributed by atoms with Crippen LogP contribution in [-0.4, -0.2) is 33.1 Å². The quantitative estimate of drug-likeness (QED) is 0.0614. The van der Waals surface area contributed by atoms with Crippen LogP contribution in [0.1, 0.15) is 117 Å². The topological polar surface area (TPSA) is 134 Å². The molecule has 0 heterocycles. The number of benzene rings is 1. The molecule has 222 valence electrons. The lowest BCUT2D eigenvalue weighted by atomic mass is 10.1. The van der Waals surface area contributed by atoms with Crippen molar-refractivity contribution in [2.24, 2.45) is 11.5 Å². The van der Waals surface area contributed by atoms with E-state index in [2.05, 4.69) is 24.5 Å². The number of nitrogens with two attached hydrogens (primary N) is 2. The van der Waals surface area contributed by atoms with Gasteiger partial charge in [-0.1, -0.05) is 122 Å². The molecule has 0 amide bonds. The maximum absolute atomic E-state index is 10.5. The zero-order valence-electron chi connectivity index (χ0n) is 23.8. The second-order valence-corrected chi connectivity index (χ2v) is 11.9. The number of thiocarbonyl (C=S) groups is 2. The fourth-order valence-electron chi connectivity index (χ4n) is 3.56. The zero-order chi connectivity index (χ0) is 28.9. The molecule has 0 atom stereocenters. The van der Waals surface area contributed by atoms with Crippen molar-refractivity contribution in [1.82, 2.24) is 10.6 Å². The molecule has 0 aromatic heterocycles. The Balaban J connectivity index is 0. The highest BCUT2D eigenvalue weighted by Gasteiger charge is 2.14. The van der Waals surface area contributed by atoms with Crippen LogP contribution in [0.3, 0.4) is 0 Å². The molecule has 0 bridgehead atoms. The maximum atomic E-state index is 10.5. The molecule has 0 aliphatic rings. The lowest BCUT2D eigenvalue weighted by molar-refractivity contribution is 0.387. The molecular weight excluding hydrogens is 535 g/mol.